The quantitative estimate of drug-likeness (QED) is 0.903. The van der Waals surface area contributed by atoms with E-state index in [1.807, 2.05) is 24.4 Å². The van der Waals surface area contributed by atoms with Gasteiger partial charge in [0.1, 0.15) is 5.01 Å². The summed E-state index contributed by atoms with van der Waals surface area (Å²) in [4.78, 5) is 19.0. The lowest BCUT2D eigenvalue weighted by Gasteiger charge is -2.03. The molecule has 5 heteroatoms. The maximum absolute atomic E-state index is 10.6. The number of carboxylic acids is 1. The van der Waals surface area contributed by atoms with Gasteiger partial charge < -0.3 is 5.11 Å². The smallest absolute Gasteiger partial charge is 0.304 e. The summed E-state index contributed by atoms with van der Waals surface area (Å²) in [6, 6.07) is 3.79. The summed E-state index contributed by atoms with van der Waals surface area (Å²) in [5.74, 6) is -0.852. The summed E-state index contributed by atoms with van der Waals surface area (Å²) in [5.41, 5.74) is 1.85. The van der Waals surface area contributed by atoms with E-state index in [0.717, 1.165) is 16.3 Å². The van der Waals surface area contributed by atoms with Gasteiger partial charge in [-0.05, 0) is 12.1 Å². The highest BCUT2D eigenvalue weighted by atomic mass is 32.1. The molecule has 1 atom stereocenters. The van der Waals surface area contributed by atoms with Crippen molar-refractivity contribution < 1.29 is 9.90 Å². The van der Waals surface area contributed by atoms with Crippen LogP contribution in [0, 0.1) is 0 Å². The normalized spacial score (nSPS) is 12.3. The van der Waals surface area contributed by atoms with Crippen LogP contribution in [0.5, 0.6) is 0 Å². The van der Waals surface area contributed by atoms with Gasteiger partial charge in [0.05, 0.1) is 12.1 Å². The van der Waals surface area contributed by atoms with Crippen LogP contribution < -0.4 is 0 Å². The maximum atomic E-state index is 10.6. The van der Waals surface area contributed by atoms with E-state index in [4.69, 9.17) is 5.11 Å². The second-order valence-corrected chi connectivity index (χ2v) is 4.67. The topological polar surface area (TPSA) is 63.1 Å². The Morgan fingerprint density at radius 2 is 2.18 bits per heavy atom. The Balaban J connectivity index is 2.19. The van der Waals surface area contributed by atoms with Crippen LogP contribution in [0.1, 0.15) is 25.0 Å². The Morgan fingerprint density at radius 3 is 2.82 bits per heavy atom. The van der Waals surface area contributed by atoms with Gasteiger partial charge in [0, 0.05) is 29.3 Å². The number of rotatable bonds is 4. The van der Waals surface area contributed by atoms with Gasteiger partial charge in [-0.2, -0.15) is 0 Å². The Hall–Kier alpha value is -1.75. The van der Waals surface area contributed by atoms with Crippen LogP contribution in [0.4, 0.5) is 0 Å². The molecule has 0 bridgehead atoms. The van der Waals surface area contributed by atoms with E-state index in [9.17, 15) is 4.79 Å². The van der Waals surface area contributed by atoms with Crippen LogP contribution >= 0.6 is 11.3 Å². The number of aromatic nitrogens is 2. The number of thiazole rings is 1. The van der Waals surface area contributed by atoms with E-state index >= 15 is 0 Å². The molecule has 0 aliphatic heterocycles. The molecular weight excluding hydrogens is 236 g/mol. The first-order chi connectivity index (χ1) is 8.16. The number of carbonyl (C=O) groups is 1. The number of hydrogen-bond acceptors (Lipinski definition) is 4. The zero-order chi connectivity index (χ0) is 12.3. The minimum Gasteiger partial charge on any atom is -0.481 e. The number of carboxylic acid groups (broad SMARTS) is 1. The largest absolute Gasteiger partial charge is 0.481 e. The molecule has 0 spiro atoms. The predicted molar refractivity (Wildman–Crippen MR) is 66.0 cm³/mol. The van der Waals surface area contributed by atoms with E-state index in [1.165, 1.54) is 11.3 Å². The number of nitrogens with zero attached hydrogens (tertiary/aromatic N) is 2. The van der Waals surface area contributed by atoms with Gasteiger partial charge in [-0.3, -0.25) is 9.78 Å². The molecule has 4 nitrogen and oxygen atoms in total. The third kappa shape index (κ3) is 2.88. The summed E-state index contributed by atoms with van der Waals surface area (Å²) in [5, 5.41) is 11.6. The fourth-order valence-electron chi connectivity index (χ4n) is 1.51. The molecule has 0 amide bonds. The molecule has 2 aromatic rings. The molecule has 17 heavy (non-hydrogen) atoms. The molecule has 0 radical (unpaired) electrons. The first-order valence-corrected chi connectivity index (χ1v) is 6.12. The zero-order valence-corrected chi connectivity index (χ0v) is 10.1. The molecule has 1 N–H and O–H groups in total. The highest BCUT2D eigenvalue weighted by Gasteiger charge is 2.14. The number of aliphatic carboxylic acids is 1. The van der Waals surface area contributed by atoms with Gasteiger partial charge in [0.25, 0.3) is 0 Å². The van der Waals surface area contributed by atoms with Crippen molar-refractivity contribution in [2.45, 2.75) is 19.3 Å². The minimum absolute atomic E-state index is 0.0562. The van der Waals surface area contributed by atoms with Crippen LogP contribution in [0.25, 0.3) is 10.6 Å². The number of hydrogen-bond donors (Lipinski definition) is 1. The summed E-state index contributed by atoms with van der Waals surface area (Å²) in [6.07, 6.45) is 3.55. The average molecular weight is 248 g/mol. The van der Waals surface area contributed by atoms with E-state index in [1.54, 1.807) is 12.4 Å². The summed E-state index contributed by atoms with van der Waals surface area (Å²) < 4.78 is 0. The highest BCUT2D eigenvalue weighted by molar-refractivity contribution is 7.13. The van der Waals surface area contributed by atoms with Crippen LogP contribution in [0.15, 0.2) is 29.9 Å². The van der Waals surface area contributed by atoms with Crippen LogP contribution in [0.2, 0.25) is 0 Å². The van der Waals surface area contributed by atoms with Crippen molar-refractivity contribution in [1.29, 1.82) is 0 Å². The van der Waals surface area contributed by atoms with Crippen molar-refractivity contribution in [3.63, 3.8) is 0 Å². The molecule has 2 aromatic heterocycles. The summed E-state index contributed by atoms with van der Waals surface area (Å²) in [6.45, 7) is 1.87. The third-order valence-corrected chi connectivity index (χ3v) is 3.34. The maximum Gasteiger partial charge on any atom is 0.304 e. The van der Waals surface area contributed by atoms with Crippen molar-refractivity contribution in [1.82, 2.24) is 9.97 Å². The van der Waals surface area contributed by atoms with Gasteiger partial charge >= 0.3 is 5.97 Å². The van der Waals surface area contributed by atoms with Crippen LogP contribution in [-0.2, 0) is 4.79 Å². The first kappa shape index (κ1) is 11.7. The second-order valence-electron chi connectivity index (χ2n) is 3.81. The highest BCUT2D eigenvalue weighted by Crippen LogP contribution is 2.27. The standard InChI is InChI=1S/C12H12N2O2S/c1-8(6-11(15)16)10-7-17-12(14-10)9-2-4-13-5-3-9/h2-5,7-8H,6H2,1H3,(H,15,16). The lowest BCUT2D eigenvalue weighted by molar-refractivity contribution is -0.137. The summed E-state index contributed by atoms with van der Waals surface area (Å²) >= 11 is 1.53. The van der Waals surface area contributed by atoms with E-state index in [2.05, 4.69) is 9.97 Å². The molecule has 0 fully saturated rings. The lowest BCUT2D eigenvalue weighted by atomic mass is 10.1. The second kappa shape index (κ2) is 5.05. The monoisotopic (exact) mass is 248 g/mol. The van der Waals surface area contributed by atoms with E-state index in [0.29, 0.717) is 0 Å². The van der Waals surface area contributed by atoms with Gasteiger partial charge in [-0.25, -0.2) is 4.98 Å². The van der Waals surface area contributed by atoms with E-state index < -0.39 is 5.97 Å². The SMILES string of the molecule is CC(CC(=O)O)c1csc(-c2ccncc2)n1. The van der Waals surface area contributed by atoms with Gasteiger partial charge in [0.15, 0.2) is 0 Å². The molecule has 0 aliphatic rings. The molecule has 88 valence electrons. The van der Waals surface area contributed by atoms with Crippen molar-refractivity contribution in [2.24, 2.45) is 0 Å². The Kier molecular flexibility index (Phi) is 3.49. The van der Waals surface area contributed by atoms with Crippen LogP contribution in [0.3, 0.4) is 0 Å². The minimum atomic E-state index is -0.795. The molecule has 0 aromatic carbocycles. The molecule has 0 saturated carbocycles. The van der Waals surface area contributed by atoms with Crippen molar-refractivity contribution in [3.8, 4) is 10.6 Å². The number of pyridine rings is 1. The van der Waals surface area contributed by atoms with Crippen molar-refractivity contribution in [2.75, 3.05) is 0 Å². The Bertz CT molecular complexity index is 510. The lowest BCUT2D eigenvalue weighted by Crippen LogP contribution is -2.02. The van der Waals surface area contributed by atoms with Crippen LogP contribution in [-0.4, -0.2) is 21.0 Å². The average Bonchev–Trinajstić information content (AvgIpc) is 2.78. The fraction of sp³-hybridized carbons (Fsp3) is 0.250. The molecule has 0 saturated heterocycles. The van der Waals surface area contributed by atoms with Gasteiger partial charge in [-0.15, -0.1) is 11.3 Å². The Labute approximate surface area is 103 Å². The van der Waals surface area contributed by atoms with Gasteiger partial charge in [-0.1, -0.05) is 6.92 Å². The fourth-order valence-corrected chi connectivity index (χ4v) is 2.45. The molecular formula is C12H12N2O2S. The zero-order valence-electron chi connectivity index (χ0n) is 9.33. The third-order valence-electron chi connectivity index (χ3n) is 2.43. The predicted octanol–water partition coefficient (Wildman–Crippen LogP) is 2.78. The molecule has 2 rings (SSSR count). The molecule has 1 unspecified atom stereocenters. The molecule has 2 heterocycles. The summed E-state index contributed by atoms with van der Waals surface area (Å²) in [7, 11) is 0. The van der Waals surface area contributed by atoms with Crippen molar-refractivity contribution >= 4 is 17.3 Å². The molecule has 0 aliphatic carbocycles. The van der Waals surface area contributed by atoms with Gasteiger partial charge in [0.2, 0.25) is 0 Å². The first-order valence-electron chi connectivity index (χ1n) is 5.24. The van der Waals surface area contributed by atoms with Crippen molar-refractivity contribution in [3.05, 3.63) is 35.6 Å². The Morgan fingerprint density at radius 1 is 1.47 bits per heavy atom. The van der Waals surface area contributed by atoms with E-state index in [-0.39, 0.29) is 12.3 Å².